The molecule has 0 bridgehead atoms. The summed E-state index contributed by atoms with van der Waals surface area (Å²) in [5, 5.41) is 0.785. The van der Waals surface area contributed by atoms with Crippen molar-refractivity contribution in [1.29, 1.82) is 0 Å². The first-order valence-corrected chi connectivity index (χ1v) is 7.26. The number of halogens is 1. The van der Waals surface area contributed by atoms with Crippen LogP contribution in [0.25, 0.3) is 0 Å². The lowest BCUT2D eigenvalue weighted by molar-refractivity contribution is 0.112. The van der Waals surface area contributed by atoms with Crippen molar-refractivity contribution >= 4 is 11.6 Å². The first kappa shape index (κ1) is 16.4. The Morgan fingerprint density at radius 3 is 2.53 bits per heavy atom. The van der Waals surface area contributed by atoms with Crippen molar-refractivity contribution in [2.24, 2.45) is 5.73 Å². The summed E-state index contributed by atoms with van der Waals surface area (Å²) >= 11 is 6.34. The van der Waals surface area contributed by atoms with Crippen LogP contribution in [0, 0.1) is 0 Å². The van der Waals surface area contributed by atoms with Crippen LogP contribution in [0.2, 0.25) is 5.02 Å². The van der Waals surface area contributed by atoms with Crippen LogP contribution in [-0.2, 0) is 4.74 Å². The number of benzene rings is 1. The van der Waals surface area contributed by atoms with E-state index in [9.17, 15) is 0 Å². The van der Waals surface area contributed by atoms with Gasteiger partial charge in [-0.1, -0.05) is 43.6 Å². The molecule has 0 amide bonds. The molecule has 0 fully saturated rings. The summed E-state index contributed by atoms with van der Waals surface area (Å²) in [5.41, 5.74) is 7.43. The molecule has 1 aromatic rings. The van der Waals surface area contributed by atoms with E-state index in [0.29, 0.717) is 6.61 Å². The van der Waals surface area contributed by atoms with Crippen LogP contribution in [0.3, 0.4) is 0 Å². The third-order valence-electron chi connectivity index (χ3n) is 3.48. The Hall–Kier alpha value is -0.610. The molecule has 0 aromatic heterocycles. The minimum Gasteiger partial charge on any atom is -0.383 e. The Labute approximate surface area is 121 Å². The van der Waals surface area contributed by atoms with Gasteiger partial charge in [0.15, 0.2) is 0 Å². The van der Waals surface area contributed by atoms with Gasteiger partial charge in [-0.2, -0.15) is 0 Å². The van der Waals surface area contributed by atoms with Crippen molar-refractivity contribution in [1.82, 2.24) is 4.90 Å². The van der Waals surface area contributed by atoms with Crippen molar-refractivity contribution in [3.63, 3.8) is 0 Å². The third-order valence-corrected chi connectivity index (χ3v) is 3.83. The van der Waals surface area contributed by atoms with Crippen LogP contribution >= 0.6 is 11.6 Å². The zero-order valence-corrected chi connectivity index (χ0v) is 12.9. The Bertz CT molecular complexity index is 373. The second-order valence-corrected chi connectivity index (χ2v) is 5.07. The molecule has 0 saturated carbocycles. The fourth-order valence-corrected chi connectivity index (χ4v) is 2.59. The van der Waals surface area contributed by atoms with Gasteiger partial charge in [-0.05, 0) is 24.6 Å². The number of nitrogens with two attached hydrogens (primary N) is 1. The Morgan fingerprint density at radius 1 is 1.32 bits per heavy atom. The molecule has 2 atom stereocenters. The maximum Gasteiger partial charge on any atom is 0.0589 e. The Morgan fingerprint density at radius 2 is 2.00 bits per heavy atom. The molecule has 19 heavy (non-hydrogen) atoms. The Balaban J connectivity index is 3.03. The highest BCUT2D eigenvalue weighted by molar-refractivity contribution is 6.31. The van der Waals surface area contributed by atoms with E-state index in [4.69, 9.17) is 22.1 Å². The summed E-state index contributed by atoms with van der Waals surface area (Å²) in [6, 6.07) is 8.16. The van der Waals surface area contributed by atoms with Crippen LogP contribution in [0.15, 0.2) is 24.3 Å². The topological polar surface area (TPSA) is 38.5 Å². The molecule has 0 spiro atoms. The van der Waals surface area contributed by atoms with Gasteiger partial charge in [0, 0.05) is 24.7 Å². The minimum atomic E-state index is 0.0664. The van der Waals surface area contributed by atoms with Gasteiger partial charge in [0.2, 0.25) is 0 Å². The summed E-state index contributed by atoms with van der Waals surface area (Å²) in [6.45, 7) is 6.73. The molecule has 4 heteroatoms. The second kappa shape index (κ2) is 8.54. The molecule has 2 unspecified atom stereocenters. The van der Waals surface area contributed by atoms with Crippen molar-refractivity contribution in [3.05, 3.63) is 34.9 Å². The number of rotatable bonds is 8. The molecule has 0 aliphatic carbocycles. The smallest absolute Gasteiger partial charge is 0.0589 e. The zero-order valence-electron chi connectivity index (χ0n) is 12.1. The maximum atomic E-state index is 6.34. The van der Waals surface area contributed by atoms with Crippen molar-refractivity contribution in [2.45, 2.75) is 32.4 Å². The number of hydrogen-bond donors (Lipinski definition) is 1. The minimum absolute atomic E-state index is 0.0664. The van der Waals surface area contributed by atoms with Gasteiger partial charge in [0.25, 0.3) is 0 Å². The summed E-state index contributed by atoms with van der Waals surface area (Å²) in [4.78, 5) is 2.33. The van der Waals surface area contributed by atoms with E-state index >= 15 is 0 Å². The normalized spacial score (nSPS) is 14.6. The lowest BCUT2D eigenvalue weighted by atomic mass is 9.96. The SMILES string of the molecule is CCC(N)C(c1ccccc1Cl)N(CC)CCOC. The zero-order chi connectivity index (χ0) is 14.3. The van der Waals surface area contributed by atoms with E-state index in [1.807, 2.05) is 18.2 Å². The number of hydrogen-bond acceptors (Lipinski definition) is 3. The van der Waals surface area contributed by atoms with E-state index < -0.39 is 0 Å². The molecule has 108 valence electrons. The highest BCUT2D eigenvalue weighted by atomic mass is 35.5. The molecule has 0 heterocycles. The molecule has 0 aliphatic rings. The molecular formula is C15H25ClN2O. The standard InChI is InChI=1S/C15H25ClN2O/c1-4-14(17)15(18(5-2)10-11-19-3)12-8-6-7-9-13(12)16/h6-9,14-15H,4-5,10-11,17H2,1-3H3. The lowest BCUT2D eigenvalue weighted by Gasteiger charge is -2.35. The van der Waals surface area contributed by atoms with Gasteiger partial charge in [0.1, 0.15) is 0 Å². The van der Waals surface area contributed by atoms with Crippen LogP contribution in [-0.4, -0.2) is 37.7 Å². The number of likely N-dealkylation sites (N-methyl/N-ethyl adjacent to an activating group) is 1. The summed E-state index contributed by atoms with van der Waals surface area (Å²) in [7, 11) is 1.72. The molecule has 0 radical (unpaired) electrons. The van der Waals surface area contributed by atoms with Crippen molar-refractivity contribution in [2.75, 3.05) is 26.8 Å². The molecule has 2 N–H and O–H groups in total. The molecule has 1 aromatic carbocycles. The van der Waals surface area contributed by atoms with E-state index in [-0.39, 0.29) is 12.1 Å². The lowest BCUT2D eigenvalue weighted by Crippen LogP contribution is -2.42. The fourth-order valence-electron chi connectivity index (χ4n) is 2.34. The molecule has 1 rings (SSSR count). The highest BCUT2D eigenvalue weighted by Gasteiger charge is 2.26. The van der Waals surface area contributed by atoms with Gasteiger partial charge in [0.05, 0.1) is 12.6 Å². The summed E-state index contributed by atoms with van der Waals surface area (Å²) in [5.74, 6) is 0. The quantitative estimate of drug-likeness (QED) is 0.797. The number of ether oxygens (including phenoxy) is 1. The first-order valence-electron chi connectivity index (χ1n) is 6.88. The van der Waals surface area contributed by atoms with Crippen LogP contribution in [0.1, 0.15) is 31.9 Å². The average Bonchev–Trinajstić information content (AvgIpc) is 2.44. The van der Waals surface area contributed by atoms with E-state index in [1.54, 1.807) is 7.11 Å². The van der Waals surface area contributed by atoms with E-state index in [0.717, 1.165) is 30.1 Å². The summed E-state index contributed by atoms with van der Waals surface area (Å²) < 4.78 is 5.19. The van der Waals surface area contributed by atoms with E-state index in [1.165, 1.54) is 0 Å². The Kier molecular flexibility index (Phi) is 7.39. The molecular weight excluding hydrogens is 260 g/mol. The van der Waals surface area contributed by atoms with Gasteiger partial charge in [-0.3, -0.25) is 4.90 Å². The fraction of sp³-hybridized carbons (Fsp3) is 0.600. The second-order valence-electron chi connectivity index (χ2n) is 4.66. The largest absolute Gasteiger partial charge is 0.383 e. The number of nitrogens with zero attached hydrogens (tertiary/aromatic N) is 1. The monoisotopic (exact) mass is 284 g/mol. The van der Waals surface area contributed by atoms with Crippen LogP contribution in [0.4, 0.5) is 0 Å². The van der Waals surface area contributed by atoms with Crippen molar-refractivity contribution in [3.8, 4) is 0 Å². The molecule has 3 nitrogen and oxygen atoms in total. The van der Waals surface area contributed by atoms with E-state index in [2.05, 4.69) is 24.8 Å². The van der Waals surface area contributed by atoms with Gasteiger partial charge in [-0.25, -0.2) is 0 Å². The predicted octanol–water partition coefficient (Wildman–Crippen LogP) is 3.09. The van der Waals surface area contributed by atoms with Gasteiger partial charge < -0.3 is 10.5 Å². The maximum absolute atomic E-state index is 6.34. The van der Waals surface area contributed by atoms with Crippen LogP contribution < -0.4 is 5.73 Å². The van der Waals surface area contributed by atoms with Gasteiger partial charge in [-0.15, -0.1) is 0 Å². The first-order chi connectivity index (χ1) is 9.15. The highest BCUT2D eigenvalue weighted by Crippen LogP contribution is 2.30. The summed E-state index contributed by atoms with van der Waals surface area (Å²) in [6.07, 6.45) is 0.916. The van der Waals surface area contributed by atoms with Crippen molar-refractivity contribution < 1.29 is 4.74 Å². The third kappa shape index (κ3) is 4.46. The molecule has 0 aliphatic heterocycles. The van der Waals surface area contributed by atoms with Crippen LogP contribution in [0.5, 0.6) is 0 Å². The van der Waals surface area contributed by atoms with Gasteiger partial charge >= 0.3 is 0 Å². The number of methoxy groups -OCH3 is 1. The predicted molar refractivity (Wildman–Crippen MR) is 81.6 cm³/mol. The average molecular weight is 285 g/mol. The molecule has 0 saturated heterocycles.